The van der Waals surface area contributed by atoms with Crippen LogP contribution in [0.25, 0.3) is 0 Å². The molecule has 2 saturated heterocycles. The van der Waals surface area contributed by atoms with Crippen molar-refractivity contribution >= 4 is 35.1 Å². The highest BCUT2D eigenvalue weighted by atomic mass is 35.5. The van der Waals surface area contributed by atoms with Crippen LogP contribution in [-0.2, 0) is 4.74 Å². The number of anilines is 3. The van der Waals surface area contributed by atoms with Gasteiger partial charge in [0.05, 0.1) is 30.7 Å². The second-order valence-electron chi connectivity index (χ2n) is 7.99. The number of piperidine rings is 1. The van der Waals surface area contributed by atoms with Gasteiger partial charge < -0.3 is 25.2 Å². The van der Waals surface area contributed by atoms with Crippen molar-refractivity contribution in [3.63, 3.8) is 0 Å². The van der Waals surface area contributed by atoms with Gasteiger partial charge in [0, 0.05) is 25.8 Å². The Bertz CT molecular complexity index is 884. The number of carbonyl (C=O) groups excluding carboxylic acids is 1. The molecule has 2 aliphatic heterocycles. The van der Waals surface area contributed by atoms with Crippen molar-refractivity contribution in [1.29, 1.82) is 0 Å². The molecule has 0 atom stereocenters. The lowest BCUT2D eigenvalue weighted by molar-refractivity contribution is 0.0729. The van der Waals surface area contributed by atoms with Gasteiger partial charge >= 0.3 is 6.09 Å². The lowest BCUT2D eigenvalue weighted by Gasteiger charge is -2.28. The van der Waals surface area contributed by atoms with Crippen LogP contribution in [0.3, 0.4) is 0 Å². The Morgan fingerprint density at radius 1 is 1.26 bits per heavy atom. The summed E-state index contributed by atoms with van der Waals surface area (Å²) in [6, 6.07) is 0.423. The Labute approximate surface area is 186 Å². The molecule has 4 heterocycles. The summed E-state index contributed by atoms with van der Waals surface area (Å²) in [4.78, 5) is 24.5. The maximum Gasteiger partial charge on any atom is 0.409 e. The molecule has 31 heavy (non-hydrogen) atoms. The van der Waals surface area contributed by atoms with E-state index >= 15 is 0 Å². The SMILES string of the molecule is CN1CCC(n2cc(Nc3ncc(Cl)c(NCCCN4CCCOC4=O)n3)cn2)CC1. The highest BCUT2D eigenvalue weighted by molar-refractivity contribution is 6.32. The van der Waals surface area contributed by atoms with Crippen LogP contribution in [0.5, 0.6) is 0 Å². The molecular weight excluding hydrogens is 420 g/mol. The fourth-order valence-corrected chi connectivity index (χ4v) is 3.98. The lowest BCUT2D eigenvalue weighted by atomic mass is 10.1. The Kier molecular flexibility index (Phi) is 7.08. The minimum Gasteiger partial charge on any atom is -0.449 e. The molecule has 1 amide bonds. The number of nitrogens with one attached hydrogen (secondary N) is 2. The average molecular weight is 449 g/mol. The van der Waals surface area contributed by atoms with Crippen LogP contribution in [-0.4, -0.2) is 82.0 Å². The van der Waals surface area contributed by atoms with E-state index < -0.39 is 0 Å². The summed E-state index contributed by atoms with van der Waals surface area (Å²) < 4.78 is 7.07. The van der Waals surface area contributed by atoms with Gasteiger partial charge in [-0.1, -0.05) is 11.6 Å². The van der Waals surface area contributed by atoms with E-state index in [1.807, 2.05) is 10.9 Å². The number of halogens is 1. The summed E-state index contributed by atoms with van der Waals surface area (Å²) in [6.45, 7) is 4.69. The largest absolute Gasteiger partial charge is 0.449 e. The number of hydrogen-bond acceptors (Lipinski definition) is 8. The first kappa shape index (κ1) is 21.6. The van der Waals surface area contributed by atoms with E-state index in [0.717, 1.165) is 51.0 Å². The van der Waals surface area contributed by atoms with Crippen LogP contribution < -0.4 is 10.6 Å². The molecule has 2 N–H and O–H groups in total. The van der Waals surface area contributed by atoms with Gasteiger partial charge in [-0.3, -0.25) is 4.68 Å². The minimum atomic E-state index is -0.237. The van der Waals surface area contributed by atoms with Crippen LogP contribution >= 0.6 is 11.6 Å². The standard InChI is InChI=1S/C20H29ClN8O2/c1-27-9-4-16(5-10-27)29-14-15(12-24-29)25-19-23-13-17(21)18(26-19)22-6-2-7-28-8-3-11-31-20(28)30/h12-14,16H,2-11H2,1H3,(H2,22,23,25,26). The molecule has 2 aromatic rings. The van der Waals surface area contributed by atoms with Gasteiger partial charge in [-0.15, -0.1) is 0 Å². The first-order valence-corrected chi connectivity index (χ1v) is 11.1. The van der Waals surface area contributed by atoms with E-state index in [1.165, 1.54) is 0 Å². The third-order valence-electron chi connectivity index (χ3n) is 5.62. The van der Waals surface area contributed by atoms with Crippen LogP contribution in [0, 0.1) is 0 Å². The number of cyclic esters (lactones) is 1. The second kappa shape index (κ2) is 10.1. The molecule has 10 nitrogen and oxygen atoms in total. The molecule has 2 aromatic heterocycles. The predicted molar refractivity (Wildman–Crippen MR) is 119 cm³/mol. The monoisotopic (exact) mass is 448 g/mol. The van der Waals surface area contributed by atoms with Crippen molar-refractivity contribution in [3.8, 4) is 0 Å². The number of nitrogens with zero attached hydrogens (tertiary/aromatic N) is 6. The zero-order valence-corrected chi connectivity index (χ0v) is 18.5. The van der Waals surface area contributed by atoms with Gasteiger partial charge in [0.2, 0.25) is 5.95 Å². The summed E-state index contributed by atoms with van der Waals surface area (Å²) in [5.41, 5.74) is 0.843. The summed E-state index contributed by atoms with van der Waals surface area (Å²) in [5, 5.41) is 11.4. The molecule has 0 aliphatic carbocycles. The topological polar surface area (TPSA) is 100 Å². The van der Waals surface area contributed by atoms with E-state index in [0.29, 0.717) is 42.5 Å². The number of carbonyl (C=O) groups is 1. The number of rotatable bonds is 8. The lowest BCUT2D eigenvalue weighted by Crippen LogP contribution is -2.38. The predicted octanol–water partition coefficient (Wildman–Crippen LogP) is 2.98. The molecule has 0 aromatic carbocycles. The number of ether oxygens (including phenoxy) is 1. The van der Waals surface area contributed by atoms with E-state index in [-0.39, 0.29) is 6.09 Å². The molecule has 0 saturated carbocycles. The zero-order valence-electron chi connectivity index (χ0n) is 17.8. The summed E-state index contributed by atoms with van der Waals surface area (Å²) >= 11 is 6.25. The number of likely N-dealkylation sites (tertiary alicyclic amines) is 1. The van der Waals surface area contributed by atoms with E-state index in [2.05, 4.69) is 37.6 Å². The third kappa shape index (κ3) is 5.76. The van der Waals surface area contributed by atoms with Gasteiger partial charge in [0.1, 0.15) is 10.8 Å². The Morgan fingerprint density at radius 2 is 2.10 bits per heavy atom. The fourth-order valence-electron chi connectivity index (χ4n) is 3.82. The molecule has 0 radical (unpaired) electrons. The van der Waals surface area contributed by atoms with Crippen molar-refractivity contribution in [3.05, 3.63) is 23.6 Å². The highest BCUT2D eigenvalue weighted by Crippen LogP contribution is 2.24. The van der Waals surface area contributed by atoms with E-state index in [1.54, 1.807) is 17.3 Å². The van der Waals surface area contributed by atoms with Crippen molar-refractivity contribution < 1.29 is 9.53 Å². The Morgan fingerprint density at radius 3 is 2.90 bits per heavy atom. The summed E-state index contributed by atoms with van der Waals surface area (Å²) in [5.74, 6) is 1.01. The molecule has 0 bridgehead atoms. The summed E-state index contributed by atoms with van der Waals surface area (Å²) in [7, 11) is 2.15. The molecule has 2 aliphatic rings. The van der Waals surface area contributed by atoms with Gasteiger partial charge in [-0.05, 0) is 45.8 Å². The molecule has 4 rings (SSSR count). The van der Waals surface area contributed by atoms with Gasteiger partial charge in [-0.25, -0.2) is 9.78 Å². The molecule has 168 valence electrons. The van der Waals surface area contributed by atoms with E-state index in [9.17, 15) is 4.79 Å². The summed E-state index contributed by atoms with van der Waals surface area (Å²) in [6.07, 6.45) is 8.96. The molecule has 0 unspecified atom stereocenters. The van der Waals surface area contributed by atoms with Gasteiger partial charge in [0.15, 0.2) is 0 Å². The average Bonchev–Trinajstić information content (AvgIpc) is 3.23. The molecule has 11 heteroatoms. The maximum atomic E-state index is 11.7. The van der Waals surface area contributed by atoms with Crippen molar-refractivity contribution in [2.24, 2.45) is 0 Å². The van der Waals surface area contributed by atoms with Gasteiger partial charge in [0.25, 0.3) is 0 Å². The second-order valence-corrected chi connectivity index (χ2v) is 8.40. The van der Waals surface area contributed by atoms with Crippen LogP contribution in [0.4, 0.5) is 22.2 Å². The first-order valence-electron chi connectivity index (χ1n) is 10.8. The van der Waals surface area contributed by atoms with Crippen LogP contribution in [0.15, 0.2) is 18.6 Å². The van der Waals surface area contributed by atoms with E-state index in [4.69, 9.17) is 16.3 Å². The number of amides is 1. The van der Waals surface area contributed by atoms with Crippen molar-refractivity contribution in [2.75, 3.05) is 57.0 Å². The normalized spacial score (nSPS) is 18.1. The van der Waals surface area contributed by atoms with Crippen molar-refractivity contribution in [2.45, 2.75) is 31.7 Å². The highest BCUT2D eigenvalue weighted by Gasteiger charge is 2.20. The first-order chi connectivity index (χ1) is 15.1. The maximum absolute atomic E-state index is 11.7. The molecule has 0 spiro atoms. The minimum absolute atomic E-state index is 0.237. The zero-order chi connectivity index (χ0) is 21.6. The number of hydrogen-bond donors (Lipinski definition) is 2. The smallest absolute Gasteiger partial charge is 0.409 e. The Balaban J connectivity index is 1.29. The van der Waals surface area contributed by atoms with Gasteiger partial charge in [-0.2, -0.15) is 10.1 Å². The van der Waals surface area contributed by atoms with Crippen molar-refractivity contribution in [1.82, 2.24) is 29.5 Å². The fraction of sp³-hybridized carbons (Fsp3) is 0.600. The Hall–Kier alpha value is -2.59. The third-order valence-corrected chi connectivity index (χ3v) is 5.89. The molecular formula is C20H29ClN8O2. The quantitative estimate of drug-likeness (QED) is 0.594. The van der Waals surface area contributed by atoms with Crippen LogP contribution in [0.2, 0.25) is 5.02 Å². The van der Waals surface area contributed by atoms with Crippen LogP contribution in [0.1, 0.15) is 31.7 Å². The molecule has 2 fully saturated rings. The number of aromatic nitrogens is 4.